The fourth-order valence-corrected chi connectivity index (χ4v) is 1.75. The van der Waals surface area contributed by atoms with Crippen LogP contribution in [0.2, 0.25) is 0 Å². The number of carbonyl (C=O) groups excluding carboxylic acids is 2. The molecular weight excluding hydrogens is 272 g/mol. The number of rotatable bonds is 9. The van der Waals surface area contributed by atoms with Crippen molar-refractivity contribution in [3.05, 3.63) is 23.8 Å². The number of unbranched alkanes of at least 4 members (excludes halogenated alkanes) is 1. The van der Waals surface area contributed by atoms with Crippen molar-refractivity contribution >= 4 is 11.8 Å². The lowest BCUT2D eigenvalue weighted by Crippen LogP contribution is -2.17. The summed E-state index contributed by atoms with van der Waals surface area (Å²) in [4.78, 5) is 22.7. The van der Waals surface area contributed by atoms with Gasteiger partial charge in [-0.1, -0.05) is 19.4 Å². The monoisotopic (exact) mass is 294 g/mol. The van der Waals surface area contributed by atoms with Crippen molar-refractivity contribution in [2.24, 2.45) is 0 Å². The molecule has 21 heavy (non-hydrogen) atoms. The maximum atomic E-state index is 11.6. The molecule has 0 atom stereocenters. The third kappa shape index (κ3) is 5.45. The van der Waals surface area contributed by atoms with Gasteiger partial charge < -0.3 is 14.2 Å². The zero-order chi connectivity index (χ0) is 15.7. The maximum absolute atomic E-state index is 11.6. The second-order valence-corrected chi connectivity index (χ2v) is 4.51. The molecule has 5 nitrogen and oxygen atoms in total. The van der Waals surface area contributed by atoms with E-state index in [9.17, 15) is 9.59 Å². The summed E-state index contributed by atoms with van der Waals surface area (Å²) in [6.45, 7) is 5.09. The summed E-state index contributed by atoms with van der Waals surface area (Å²) >= 11 is 0. The molecule has 0 amide bonds. The summed E-state index contributed by atoms with van der Waals surface area (Å²) in [6, 6.07) is 5.25. The number of methoxy groups -OCH3 is 1. The van der Waals surface area contributed by atoms with Crippen molar-refractivity contribution in [2.45, 2.75) is 33.1 Å². The predicted octanol–water partition coefficient (Wildman–Crippen LogP) is 2.55. The standard InChI is InChI=1S/C16H22O5/c1-4-6-9-21-14-8-7-12(11-15(14)20-5-2)10-13(17)16(18)19-3/h7-8,11H,4-6,9-10H2,1-3H3. The van der Waals surface area contributed by atoms with E-state index in [0.29, 0.717) is 30.3 Å². The van der Waals surface area contributed by atoms with Gasteiger partial charge in [-0.2, -0.15) is 0 Å². The number of Topliss-reactive ketones (excluding diaryl/α,β-unsaturated/α-hetero) is 1. The largest absolute Gasteiger partial charge is 0.490 e. The smallest absolute Gasteiger partial charge is 0.374 e. The van der Waals surface area contributed by atoms with Crippen LogP contribution in [0.5, 0.6) is 11.5 Å². The van der Waals surface area contributed by atoms with E-state index in [1.165, 1.54) is 7.11 Å². The molecule has 0 aliphatic rings. The normalized spacial score (nSPS) is 10.0. The van der Waals surface area contributed by atoms with Crippen LogP contribution in [-0.4, -0.2) is 32.1 Å². The fourth-order valence-electron chi connectivity index (χ4n) is 1.75. The molecule has 5 heteroatoms. The van der Waals surface area contributed by atoms with Crippen LogP contribution in [0.4, 0.5) is 0 Å². The van der Waals surface area contributed by atoms with Crippen LogP contribution in [0.1, 0.15) is 32.3 Å². The minimum Gasteiger partial charge on any atom is -0.490 e. The number of hydrogen-bond acceptors (Lipinski definition) is 5. The Kier molecular flexibility index (Phi) is 7.29. The number of ketones is 1. The lowest BCUT2D eigenvalue weighted by Gasteiger charge is -2.13. The van der Waals surface area contributed by atoms with E-state index >= 15 is 0 Å². The Morgan fingerprint density at radius 2 is 1.86 bits per heavy atom. The van der Waals surface area contributed by atoms with Gasteiger partial charge in [0.15, 0.2) is 11.5 Å². The van der Waals surface area contributed by atoms with Gasteiger partial charge in [-0.15, -0.1) is 0 Å². The third-order valence-electron chi connectivity index (χ3n) is 2.84. The van der Waals surface area contributed by atoms with Crippen LogP contribution < -0.4 is 9.47 Å². The van der Waals surface area contributed by atoms with Crippen molar-refractivity contribution in [3.8, 4) is 11.5 Å². The summed E-state index contributed by atoms with van der Waals surface area (Å²) in [6.07, 6.45) is 2.01. The molecule has 0 bridgehead atoms. The van der Waals surface area contributed by atoms with Gasteiger partial charge in [-0.05, 0) is 31.0 Å². The maximum Gasteiger partial charge on any atom is 0.374 e. The Morgan fingerprint density at radius 1 is 1.10 bits per heavy atom. The second kappa shape index (κ2) is 9.00. The minimum atomic E-state index is -0.837. The molecule has 0 fully saturated rings. The first-order valence-corrected chi connectivity index (χ1v) is 7.12. The van der Waals surface area contributed by atoms with Gasteiger partial charge in [-0.3, -0.25) is 4.79 Å². The van der Waals surface area contributed by atoms with Crippen molar-refractivity contribution < 1.29 is 23.8 Å². The third-order valence-corrected chi connectivity index (χ3v) is 2.84. The molecule has 1 rings (SSSR count). The molecule has 0 aliphatic heterocycles. The van der Waals surface area contributed by atoms with Crippen molar-refractivity contribution in [1.29, 1.82) is 0 Å². The molecule has 0 saturated heterocycles. The van der Waals surface area contributed by atoms with Crippen LogP contribution in [0.25, 0.3) is 0 Å². The van der Waals surface area contributed by atoms with E-state index in [0.717, 1.165) is 12.8 Å². The van der Waals surface area contributed by atoms with Gasteiger partial charge in [-0.25, -0.2) is 4.79 Å². The highest BCUT2D eigenvalue weighted by Gasteiger charge is 2.16. The number of benzene rings is 1. The number of esters is 1. The van der Waals surface area contributed by atoms with E-state index in [4.69, 9.17) is 9.47 Å². The number of carbonyl (C=O) groups is 2. The van der Waals surface area contributed by atoms with E-state index in [2.05, 4.69) is 11.7 Å². The summed E-state index contributed by atoms with van der Waals surface area (Å²) in [5.74, 6) is -0.181. The molecule has 1 aromatic rings. The van der Waals surface area contributed by atoms with Gasteiger partial charge in [0.2, 0.25) is 5.78 Å². The number of ether oxygens (including phenoxy) is 3. The zero-order valence-corrected chi connectivity index (χ0v) is 12.8. The summed E-state index contributed by atoms with van der Waals surface area (Å²) in [5, 5.41) is 0. The van der Waals surface area contributed by atoms with Gasteiger partial charge >= 0.3 is 5.97 Å². The first-order valence-electron chi connectivity index (χ1n) is 7.12. The predicted molar refractivity (Wildman–Crippen MR) is 78.7 cm³/mol. The molecule has 0 radical (unpaired) electrons. The Bertz CT molecular complexity index is 482. The zero-order valence-electron chi connectivity index (χ0n) is 12.8. The Balaban J connectivity index is 2.81. The average molecular weight is 294 g/mol. The van der Waals surface area contributed by atoms with Crippen LogP contribution in [0.15, 0.2) is 18.2 Å². The average Bonchev–Trinajstić information content (AvgIpc) is 2.49. The fraction of sp³-hybridized carbons (Fsp3) is 0.500. The lowest BCUT2D eigenvalue weighted by atomic mass is 10.1. The summed E-state index contributed by atoms with van der Waals surface area (Å²) < 4.78 is 15.6. The Hall–Kier alpha value is -2.04. The SMILES string of the molecule is CCCCOc1ccc(CC(=O)C(=O)OC)cc1OCC. The van der Waals surface area contributed by atoms with Gasteiger partial charge in [0.05, 0.1) is 20.3 Å². The molecule has 116 valence electrons. The summed E-state index contributed by atoms with van der Waals surface area (Å²) in [5.41, 5.74) is 0.691. The van der Waals surface area contributed by atoms with Crippen molar-refractivity contribution in [3.63, 3.8) is 0 Å². The summed E-state index contributed by atoms with van der Waals surface area (Å²) in [7, 11) is 1.19. The molecule has 0 aliphatic carbocycles. The van der Waals surface area contributed by atoms with E-state index in [-0.39, 0.29) is 6.42 Å². The lowest BCUT2D eigenvalue weighted by molar-refractivity contribution is -0.151. The highest BCUT2D eigenvalue weighted by Crippen LogP contribution is 2.29. The van der Waals surface area contributed by atoms with E-state index in [1.807, 2.05) is 6.92 Å². The molecule has 1 aromatic carbocycles. The van der Waals surface area contributed by atoms with E-state index < -0.39 is 11.8 Å². The van der Waals surface area contributed by atoms with Gasteiger partial charge in [0.1, 0.15) is 0 Å². The van der Waals surface area contributed by atoms with Crippen molar-refractivity contribution in [1.82, 2.24) is 0 Å². The second-order valence-electron chi connectivity index (χ2n) is 4.51. The van der Waals surface area contributed by atoms with Crippen LogP contribution in [0.3, 0.4) is 0 Å². The first kappa shape index (κ1) is 17.0. The molecule has 0 spiro atoms. The Morgan fingerprint density at radius 3 is 2.48 bits per heavy atom. The molecule has 0 N–H and O–H groups in total. The van der Waals surface area contributed by atoms with E-state index in [1.54, 1.807) is 18.2 Å². The molecular formula is C16H22O5. The topological polar surface area (TPSA) is 61.8 Å². The first-order chi connectivity index (χ1) is 10.1. The molecule has 0 unspecified atom stereocenters. The minimum absolute atomic E-state index is 0.0119. The highest BCUT2D eigenvalue weighted by atomic mass is 16.5. The Labute approximate surface area is 125 Å². The van der Waals surface area contributed by atoms with Gasteiger partial charge in [0.25, 0.3) is 0 Å². The van der Waals surface area contributed by atoms with Gasteiger partial charge in [0, 0.05) is 6.42 Å². The highest BCUT2D eigenvalue weighted by molar-refractivity contribution is 6.34. The van der Waals surface area contributed by atoms with Crippen LogP contribution >= 0.6 is 0 Å². The van der Waals surface area contributed by atoms with Crippen molar-refractivity contribution in [2.75, 3.05) is 20.3 Å². The number of hydrogen-bond donors (Lipinski definition) is 0. The van der Waals surface area contributed by atoms with Crippen LogP contribution in [0, 0.1) is 0 Å². The quantitative estimate of drug-likeness (QED) is 0.398. The molecule has 0 saturated carbocycles. The molecule has 0 heterocycles. The van der Waals surface area contributed by atoms with Crippen LogP contribution in [-0.2, 0) is 20.7 Å². The molecule has 0 aromatic heterocycles.